The quantitative estimate of drug-likeness (QED) is 0.603. The van der Waals surface area contributed by atoms with Crippen LogP contribution >= 0.6 is 0 Å². The molecule has 0 unspecified atom stereocenters. The van der Waals surface area contributed by atoms with Gasteiger partial charge in [-0.3, -0.25) is 4.79 Å². The van der Waals surface area contributed by atoms with Crippen LogP contribution in [0, 0.1) is 0 Å². The van der Waals surface area contributed by atoms with E-state index in [1.807, 2.05) is 0 Å². The Labute approximate surface area is 74.8 Å². The van der Waals surface area contributed by atoms with Gasteiger partial charge in [0.25, 0.3) is 0 Å². The van der Waals surface area contributed by atoms with Crippen molar-refractivity contribution in [3.8, 4) is 0 Å². The molecule has 0 atom stereocenters. The van der Waals surface area contributed by atoms with E-state index in [1.165, 1.54) is 6.33 Å². The molecule has 0 fully saturated rings. The maximum absolute atomic E-state index is 10.2. The summed E-state index contributed by atoms with van der Waals surface area (Å²) in [5.41, 5.74) is 5.38. The SMILES string of the molecule is Nc1cc(NCCC(=O)O)ncn1. The molecule has 1 rings (SSSR count). The first kappa shape index (κ1) is 9.24. The molecule has 6 heteroatoms. The van der Waals surface area contributed by atoms with Crippen LogP contribution in [0.25, 0.3) is 0 Å². The zero-order valence-corrected chi connectivity index (χ0v) is 6.90. The number of nitrogens with zero attached hydrogens (tertiary/aromatic N) is 2. The van der Waals surface area contributed by atoms with E-state index in [4.69, 9.17) is 10.8 Å². The van der Waals surface area contributed by atoms with Gasteiger partial charge in [-0.2, -0.15) is 0 Å². The van der Waals surface area contributed by atoms with E-state index in [0.717, 1.165) is 0 Å². The monoisotopic (exact) mass is 182 g/mol. The Hall–Kier alpha value is -1.85. The lowest BCUT2D eigenvalue weighted by Gasteiger charge is -2.02. The molecule has 6 nitrogen and oxygen atoms in total. The lowest BCUT2D eigenvalue weighted by atomic mass is 10.4. The van der Waals surface area contributed by atoms with Crippen LogP contribution < -0.4 is 11.1 Å². The summed E-state index contributed by atoms with van der Waals surface area (Å²) in [6.45, 7) is 0.325. The van der Waals surface area contributed by atoms with Crippen LogP contribution in [-0.2, 0) is 4.79 Å². The van der Waals surface area contributed by atoms with E-state index in [-0.39, 0.29) is 6.42 Å². The molecule has 13 heavy (non-hydrogen) atoms. The molecular weight excluding hydrogens is 172 g/mol. The van der Waals surface area contributed by atoms with Gasteiger partial charge in [-0.25, -0.2) is 9.97 Å². The maximum atomic E-state index is 10.2. The van der Waals surface area contributed by atoms with E-state index in [1.54, 1.807) is 6.07 Å². The predicted molar refractivity (Wildman–Crippen MR) is 47.2 cm³/mol. The molecule has 0 aromatic carbocycles. The molecule has 4 N–H and O–H groups in total. The topological polar surface area (TPSA) is 101 Å². The molecule has 1 heterocycles. The molecule has 70 valence electrons. The number of nitrogens with one attached hydrogen (secondary N) is 1. The predicted octanol–water partition coefficient (Wildman–Crippen LogP) is -0.0546. The number of anilines is 2. The molecule has 1 aromatic rings. The van der Waals surface area contributed by atoms with Crippen molar-refractivity contribution >= 4 is 17.6 Å². The minimum Gasteiger partial charge on any atom is -0.481 e. The van der Waals surface area contributed by atoms with Crippen molar-refractivity contribution < 1.29 is 9.90 Å². The van der Waals surface area contributed by atoms with Crippen LogP contribution in [0.15, 0.2) is 12.4 Å². The van der Waals surface area contributed by atoms with E-state index in [2.05, 4.69) is 15.3 Å². The summed E-state index contributed by atoms with van der Waals surface area (Å²) < 4.78 is 0. The number of carboxylic acid groups (broad SMARTS) is 1. The minimum absolute atomic E-state index is 0.0455. The smallest absolute Gasteiger partial charge is 0.305 e. The Kier molecular flexibility index (Phi) is 3.02. The Bertz CT molecular complexity index is 302. The minimum atomic E-state index is -0.852. The zero-order chi connectivity index (χ0) is 9.68. The number of nitrogen functional groups attached to an aromatic ring is 1. The van der Waals surface area contributed by atoms with Crippen LogP contribution in [0.3, 0.4) is 0 Å². The summed E-state index contributed by atoms with van der Waals surface area (Å²) in [7, 11) is 0. The van der Waals surface area contributed by atoms with Gasteiger partial charge in [0.05, 0.1) is 6.42 Å². The van der Waals surface area contributed by atoms with Crippen LogP contribution in [0.4, 0.5) is 11.6 Å². The second-order valence-corrected chi connectivity index (χ2v) is 2.40. The van der Waals surface area contributed by atoms with Crippen molar-refractivity contribution in [1.29, 1.82) is 0 Å². The second kappa shape index (κ2) is 4.24. The summed E-state index contributed by atoms with van der Waals surface area (Å²) in [6, 6.07) is 1.54. The van der Waals surface area contributed by atoms with Crippen molar-refractivity contribution in [2.75, 3.05) is 17.6 Å². The average molecular weight is 182 g/mol. The average Bonchev–Trinajstić information content (AvgIpc) is 2.03. The number of nitrogens with two attached hydrogens (primary N) is 1. The number of carbonyl (C=O) groups is 1. The highest BCUT2D eigenvalue weighted by molar-refractivity contribution is 5.67. The lowest BCUT2D eigenvalue weighted by Crippen LogP contribution is -2.09. The number of hydrogen-bond acceptors (Lipinski definition) is 5. The third-order valence-corrected chi connectivity index (χ3v) is 1.33. The van der Waals surface area contributed by atoms with Gasteiger partial charge in [0, 0.05) is 12.6 Å². The van der Waals surface area contributed by atoms with Gasteiger partial charge in [-0.1, -0.05) is 0 Å². The molecule has 0 saturated heterocycles. The van der Waals surface area contributed by atoms with Crippen molar-refractivity contribution in [3.63, 3.8) is 0 Å². The Balaban J connectivity index is 2.41. The van der Waals surface area contributed by atoms with Crippen molar-refractivity contribution in [2.45, 2.75) is 6.42 Å². The summed E-state index contributed by atoms with van der Waals surface area (Å²) in [4.78, 5) is 17.7. The van der Waals surface area contributed by atoms with Crippen LogP contribution in [0.2, 0.25) is 0 Å². The van der Waals surface area contributed by atoms with Crippen molar-refractivity contribution in [1.82, 2.24) is 9.97 Å². The number of aromatic nitrogens is 2. The first-order valence-electron chi connectivity index (χ1n) is 3.71. The standard InChI is InChI=1S/C7H10N4O2/c8-5-3-6(11-4-10-5)9-2-1-7(12)13/h3-4H,1-2H2,(H,12,13)(H3,8,9,10,11). The number of hydrogen-bond donors (Lipinski definition) is 3. The largest absolute Gasteiger partial charge is 0.481 e. The fourth-order valence-electron chi connectivity index (χ4n) is 0.767. The highest BCUT2D eigenvalue weighted by Crippen LogP contribution is 2.03. The van der Waals surface area contributed by atoms with Crippen LogP contribution in [0.5, 0.6) is 0 Å². The molecule has 0 spiro atoms. The molecule has 0 aliphatic heterocycles. The molecule has 0 bridgehead atoms. The van der Waals surface area contributed by atoms with Gasteiger partial charge in [0.15, 0.2) is 0 Å². The lowest BCUT2D eigenvalue weighted by molar-refractivity contribution is -0.136. The van der Waals surface area contributed by atoms with Crippen molar-refractivity contribution in [2.24, 2.45) is 0 Å². The van der Waals surface area contributed by atoms with Crippen molar-refractivity contribution in [3.05, 3.63) is 12.4 Å². The van der Waals surface area contributed by atoms with Gasteiger partial charge in [0.2, 0.25) is 0 Å². The molecule has 0 amide bonds. The molecule has 0 aliphatic rings. The third-order valence-electron chi connectivity index (χ3n) is 1.33. The highest BCUT2D eigenvalue weighted by Gasteiger charge is 1.97. The molecule has 0 saturated carbocycles. The molecule has 1 aromatic heterocycles. The maximum Gasteiger partial charge on any atom is 0.305 e. The van der Waals surface area contributed by atoms with Crippen LogP contribution in [0.1, 0.15) is 6.42 Å². The summed E-state index contributed by atoms with van der Waals surface area (Å²) in [5, 5.41) is 11.2. The summed E-state index contributed by atoms with van der Waals surface area (Å²) in [5.74, 6) is 0.0381. The van der Waals surface area contributed by atoms with Gasteiger partial charge in [-0.05, 0) is 0 Å². The van der Waals surface area contributed by atoms with Gasteiger partial charge in [-0.15, -0.1) is 0 Å². The Morgan fingerprint density at radius 2 is 2.38 bits per heavy atom. The molecular formula is C7H10N4O2. The Morgan fingerprint density at radius 3 is 3.00 bits per heavy atom. The van der Waals surface area contributed by atoms with E-state index in [0.29, 0.717) is 18.2 Å². The van der Waals surface area contributed by atoms with Gasteiger partial charge >= 0.3 is 5.97 Å². The van der Waals surface area contributed by atoms with Gasteiger partial charge in [0.1, 0.15) is 18.0 Å². The number of carboxylic acids is 1. The zero-order valence-electron chi connectivity index (χ0n) is 6.90. The normalized spacial score (nSPS) is 9.54. The van der Waals surface area contributed by atoms with E-state index >= 15 is 0 Å². The van der Waals surface area contributed by atoms with E-state index < -0.39 is 5.97 Å². The first-order valence-corrected chi connectivity index (χ1v) is 3.71. The summed E-state index contributed by atoms with van der Waals surface area (Å²) >= 11 is 0. The van der Waals surface area contributed by atoms with Crippen LogP contribution in [-0.4, -0.2) is 27.6 Å². The number of rotatable bonds is 4. The summed E-state index contributed by atoms with van der Waals surface area (Å²) in [6.07, 6.45) is 1.36. The second-order valence-electron chi connectivity index (χ2n) is 2.40. The fraction of sp³-hybridized carbons (Fsp3) is 0.286. The van der Waals surface area contributed by atoms with E-state index in [9.17, 15) is 4.79 Å². The first-order chi connectivity index (χ1) is 6.18. The fourth-order valence-corrected chi connectivity index (χ4v) is 0.767. The van der Waals surface area contributed by atoms with Gasteiger partial charge < -0.3 is 16.2 Å². The third kappa shape index (κ3) is 3.37. The highest BCUT2D eigenvalue weighted by atomic mass is 16.4. The molecule has 0 radical (unpaired) electrons. The Morgan fingerprint density at radius 1 is 1.62 bits per heavy atom. The number of aliphatic carboxylic acids is 1. The molecule has 0 aliphatic carbocycles.